The van der Waals surface area contributed by atoms with Gasteiger partial charge in [0.05, 0.1) is 18.7 Å². The van der Waals surface area contributed by atoms with Gasteiger partial charge in [0.1, 0.15) is 17.0 Å². The lowest BCUT2D eigenvalue weighted by atomic mass is 9.73. The smallest absolute Gasteiger partial charge is 0.311 e. The summed E-state index contributed by atoms with van der Waals surface area (Å²) in [5, 5.41) is 8.23. The normalized spacial score (nSPS) is 15.9. The van der Waals surface area contributed by atoms with Crippen LogP contribution in [0.25, 0.3) is 0 Å². The van der Waals surface area contributed by atoms with Crippen molar-refractivity contribution in [3.8, 4) is 17.6 Å². The molecule has 5 nitrogen and oxygen atoms in total. The highest BCUT2D eigenvalue weighted by atomic mass is 16.5. The zero-order chi connectivity index (χ0) is 21.9. The number of nitrogens with zero attached hydrogens (tertiary/aromatic N) is 2. The fraction of sp³-hybridized carbons (Fsp3) is 0.480. The second-order valence-electron chi connectivity index (χ2n) is 8.92. The molecule has 2 aromatic rings. The predicted octanol–water partition coefficient (Wildman–Crippen LogP) is 4.38. The highest BCUT2D eigenvalue weighted by Gasteiger charge is 2.39. The van der Waals surface area contributed by atoms with Crippen molar-refractivity contribution in [2.24, 2.45) is 0 Å². The SMILES string of the molecule is CCOC(=O)Cc1ccc(C#Cc2cc3c(cc2CC)OC(C)(C)CC3(C)C)nn1. The summed E-state index contributed by atoms with van der Waals surface area (Å²) < 4.78 is 11.2. The lowest BCUT2D eigenvalue weighted by molar-refractivity contribution is -0.142. The molecule has 0 aliphatic carbocycles. The van der Waals surface area contributed by atoms with Gasteiger partial charge in [-0.15, -0.1) is 5.10 Å². The van der Waals surface area contributed by atoms with E-state index in [2.05, 4.69) is 68.8 Å². The lowest BCUT2D eigenvalue weighted by Gasteiger charge is -2.42. The Labute approximate surface area is 179 Å². The molecular formula is C25H30N2O3. The summed E-state index contributed by atoms with van der Waals surface area (Å²) in [5.41, 5.74) is 4.30. The van der Waals surface area contributed by atoms with Crippen molar-refractivity contribution in [2.45, 2.75) is 71.8 Å². The van der Waals surface area contributed by atoms with Crippen LogP contribution in [0.5, 0.6) is 5.75 Å². The largest absolute Gasteiger partial charge is 0.488 e. The van der Waals surface area contributed by atoms with E-state index in [0.29, 0.717) is 18.0 Å². The molecule has 1 aliphatic heterocycles. The van der Waals surface area contributed by atoms with Crippen molar-refractivity contribution < 1.29 is 14.3 Å². The van der Waals surface area contributed by atoms with Gasteiger partial charge in [-0.25, -0.2) is 0 Å². The Kier molecular flexibility index (Phi) is 6.17. The summed E-state index contributed by atoms with van der Waals surface area (Å²) in [6, 6.07) is 7.85. The number of hydrogen-bond donors (Lipinski definition) is 0. The molecule has 1 aliphatic rings. The number of aryl methyl sites for hydroxylation is 1. The first-order chi connectivity index (χ1) is 14.1. The van der Waals surface area contributed by atoms with Gasteiger partial charge < -0.3 is 9.47 Å². The Morgan fingerprint density at radius 2 is 1.90 bits per heavy atom. The molecule has 0 unspecified atom stereocenters. The molecule has 3 rings (SSSR count). The average molecular weight is 407 g/mol. The average Bonchev–Trinajstić information content (AvgIpc) is 2.65. The van der Waals surface area contributed by atoms with Crippen LogP contribution in [0.3, 0.4) is 0 Å². The van der Waals surface area contributed by atoms with E-state index in [4.69, 9.17) is 9.47 Å². The fourth-order valence-corrected chi connectivity index (χ4v) is 4.15. The van der Waals surface area contributed by atoms with E-state index in [9.17, 15) is 4.79 Å². The first-order valence-corrected chi connectivity index (χ1v) is 10.5. The highest BCUT2D eigenvalue weighted by Crippen LogP contribution is 2.45. The van der Waals surface area contributed by atoms with Gasteiger partial charge in [0.15, 0.2) is 0 Å². The molecule has 0 bridgehead atoms. The Balaban J connectivity index is 1.88. The number of rotatable bonds is 4. The van der Waals surface area contributed by atoms with E-state index in [1.54, 1.807) is 19.1 Å². The molecule has 5 heteroatoms. The molecular weight excluding hydrogens is 376 g/mol. The third-order valence-corrected chi connectivity index (χ3v) is 5.25. The van der Waals surface area contributed by atoms with Gasteiger partial charge in [0.25, 0.3) is 0 Å². The van der Waals surface area contributed by atoms with Gasteiger partial charge >= 0.3 is 5.97 Å². The minimum atomic E-state index is -0.305. The Hall–Kier alpha value is -2.87. The molecule has 2 heterocycles. The van der Waals surface area contributed by atoms with E-state index < -0.39 is 0 Å². The number of carbonyl (C=O) groups is 1. The minimum absolute atomic E-state index is 0.00827. The Bertz CT molecular complexity index is 996. The second-order valence-corrected chi connectivity index (χ2v) is 8.92. The maximum absolute atomic E-state index is 11.6. The quantitative estimate of drug-likeness (QED) is 0.557. The number of carbonyl (C=O) groups excluding carboxylic acids is 1. The Morgan fingerprint density at radius 1 is 1.13 bits per heavy atom. The van der Waals surface area contributed by atoms with Gasteiger partial charge in [-0.1, -0.05) is 26.7 Å². The number of esters is 1. The monoisotopic (exact) mass is 406 g/mol. The molecule has 0 saturated heterocycles. The number of aromatic nitrogens is 2. The van der Waals surface area contributed by atoms with E-state index in [0.717, 1.165) is 29.7 Å². The summed E-state index contributed by atoms with van der Waals surface area (Å²) in [6.07, 6.45) is 1.93. The lowest BCUT2D eigenvalue weighted by Crippen LogP contribution is -2.41. The van der Waals surface area contributed by atoms with Crippen molar-refractivity contribution >= 4 is 5.97 Å². The molecule has 1 aromatic heterocycles. The number of ether oxygens (including phenoxy) is 2. The third kappa shape index (κ3) is 4.99. The summed E-state index contributed by atoms with van der Waals surface area (Å²) in [4.78, 5) is 11.6. The van der Waals surface area contributed by atoms with Crippen molar-refractivity contribution in [1.29, 1.82) is 0 Å². The third-order valence-electron chi connectivity index (χ3n) is 5.25. The van der Waals surface area contributed by atoms with Crippen LogP contribution in [0.15, 0.2) is 24.3 Å². The van der Waals surface area contributed by atoms with Crippen LogP contribution in [0, 0.1) is 11.8 Å². The number of benzene rings is 1. The predicted molar refractivity (Wildman–Crippen MR) is 117 cm³/mol. The van der Waals surface area contributed by atoms with Crippen molar-refractivity contribution in [2.75, 3.05) is 6.61 Å². The summed E-state index contributed by atoms with van der Waals surface area (Å²) in [7, 11) is 0. The standard InChI is InChI=1S/C25H30N2O3/c1-7-17-14-22-21(24(3,4)16-25(5,6)30-22)13-18(17)9-10-19-11-12-20(27-26-19)15-23(28)29-8-2/h11-14H,7-8,15-16H2,1-6H3. The van der Waals surface area contributed by atoms with Gasteiger partial charge in [0.2, 0.25) is 0 Å². The molecule has 30 heavy (non-hydrogen) atoms. The highest BCUT2D eigenvalue weighted by molar-refractivity contribution is 5.71. The minimum Gasteiger partial charge on any atom is -0.488 e. The summed E-state index contributed by atoms with van der Waals surface area (Å²) in [5.74, 6) is 7.04. The summed E-state index contributed by atoms with van der Waals surface area (Å²) in [6.45, 7) is 13.1. The van der Waals surface area contributed by atoms with Crippen molar-refractivity contribution in [3.05, 3.63) is 52.3 Å². The van der Waals surface area contributed by atoms with Crippen molar-refractivity contribution in [3.63, 3.8) is 0 Å². The maximum atomic E-state index is 11.6. The van der Waals surface area contributed by atoms with E-state index in [-0.39, 0.29) is 23.4 Å². The van der Waals surface area contributed by atoms with Crippen LogP contribution in [0.1, 0.15) is 76.0 Å². The van der Waals surface area contributed by atoms with Gasteiger partial charge in [0, 0.05) is 11.1 Å². The summed E-state index contributed by atoms with van der Waals surface area (Å²) >= 11 is 0. The van der Waals surface area contributed by atoms with Gasteiger partial charge in [-0.3, -0.25) is 4.79 Å². The molecule has 0 spiro atoms. The van der Waals surface area contributed by atoms with Gasteiger partial charge in [-0.05, 0) is 74.8 Å². The Morgan fingerprint density at radius 3 is 2.53 bits per heavy atom. The number of hydrogen-bond acceptors (Lipinski definition) is 5. The topological polar surface area (TPSA) is 61.3 Å². The molecule has 1 aromatic carbocycles. The fourth-order valence-electron chi connectivity index (χ4n) is 4.15. The molecule has 0 fully saturated rings. The first kappa shape index (κ1) is 21.8. The maximum Gasteiger partial charge on any atom is 0.311 e. The van der Waals surface area contributed by atoms with Crippen LogP contribution in [-0.4, -0.2) is 28.4 Å². The van der Waals surface area contributed by atoms with Gasteiger partial charge in [-0.2, -0.15) is 5.10 Å². The van der Waals surface area contributed by atoms with E-state index >= 15 is 0 Å². The van der Waals surface area contributed by atoms with Crippen LogP contribution in [0.2, 0.25) is 0 Å². The molecule has 0 radical (unpaired) electrons. The molecule has 0 amide bonds. The molecule has 0 N–H and O–H groups in total. The molecule has 0 atom stereocenters. The van der Waals surface area contributed by atoms with Crippen LogP contribution in [0.4, 0.5) is 0 Å². The van der Waals surface area contributed by atoms with Crippen LogP contribution < -0.4 is 4.74 Å². The van der Waals surface area contributed by atoms with E-state index in [1.165, 1.54) is 5.56 Å². The second kappa shape index (κ2) is 8.47. The van der Waals surface area contributed by atoms with Crippen LogP contribution in [-0.2, 0) is 27.8 Å². The first-order valence-electron chi connectivity index (χ1n) is 10.5. The number of fused-ring (bicyclic) bond motifs is 1. The molecule has 158 valence electrons. The van der Waals surface area contributed by atoms with Crippen molar-refractivity contribution in [1.82, 2.24) is 10.2 Å². The zero-order valence-electron chi connectivity index (χ0n) is 18.8. The zero-order valence-corrected chi connectivity index (χ0v) is 18.8. The van der Waals surface area contributed by atoms with Crippen LogP contribution >= 0.6 is 0 Å². The molecule has 0 saturated carbocycles. The van der Waals surface area contributed by atoms with E-state index in [1.807, 2.05) is 0 Å².